The fraction of sp³-hybridized carbons (Fsp3) is 0.583. The monoisotopic (exact) mass is 269 g/mol. The minimum Gasteiger partial charge on any atom is -0.362 e. The number of anilines is 1. The van der Waals surface area contributed by atoms with E-state index >= 15 is 0 Å². The van der Waals surface area contributed by atoms with Gasteiger partial charge in [0.25, 0.3) is 0 Å². The van der Waals surface area contributed by atoms with Gasteiger partial charge in [-0.2, -0.15) is 11.8 Å². The van der Waals surface area contributed by atoms with Gasteiger partial charge < -0.3 is 5.32 Å². The Bertz CT molecular complexity index is 412. The molecule has 0 amide bonds. The molecule has 0 fully saturated rings. The Morgan fingerprint density at radius 3 is 2.94 bits per heavy atom. The number of thioether (sulfide) groups is 1. The van der Waals surface area contributed by atoms with Gasteiger partial charge in [-0.15, -0.1) is 0 Å². The molecule has 1 rings (SSSR count). The van der Waals surface area contributed by atoms with Crippen molar-refractivity contribution in [2.45, 2.75) is 33.2 Å². The van der Waals surface area contributed by atoms with E-state index in [9.17, 15) is 10.1 Å². The average Bonchev–Trinajstić information content (AvgIpc) is 2.28. The number of nitro groups is 1. The van der Waals surface area contributed by atoms with Crippen molar-refractivity contribution in [3.8, 4) is 0 Å². The van der Waals surface area contributed by atoms with E-state index in [-0.39, 0.29) is 16.7 Å². The predicted molar refractivity (Wildman–Crippen MR) is 76.3 cm³/mol. The topological polar surface area (TPSA) is 68.1 Å². The number of rotatable bonds is 7. The summed E-state index contributed by atoms with van der Waals surface area (Å²) in [5, 5.41) is 14.1. The first-order valence-corrected chi connectivity index (χ1v) is 7.16. The van der Waals surface area contributed by atoms with Crippen LogP contribution >= 0.6 is 11.8 Å². The molecular weight excluding hydrogens is 250 g/mol. The molecule has 0 radical (unpaired) electrons. The molecule has 0 saturated heterocycles. The number of nitrogens with zero attached hydrogens (tertiary/aromatic N) is 2. The highest BCUT2D eigenvalue weighted by Gasteiger charge is 2.19. The number of aromatic nitrogens is 1. The number of aryl methyl sites for hydroxylation is 1. The maximum atomic E-state index is 11.0. The smallest absolute Gasteiger partial charge is 0.314 e. The zero-order valence-electron chi connectivity index (χ0n) is 11.0. The Kier molecular flexibility index (Phi) is 5.91. The normalized spacial score (nSPS) is 12.2. The van der Waals surface area contributed by atoms with E-state index in [4.69, 9.17) is 0 Å². The molecule has 0 spiro atoms. The third kappa shape index (κ3) is 4.18. The first kappa shape index (κ1) is 14.8. The zero-order chi connectivity index (χ0) is 13.5. The van der Waals surface area contributed by atoms with Crippen molar-refractivity contribution >= 4 is 23.3 Å². The molecule has 0 aliphatic carbocycles. The van der Waals surface area contributed by atoms with Gasteiger partial charge in [-0.25, -0.2) is 4.98 Å². The summed E-state index contributed by atoms with van der Waals surface area (Å²) in [4.78, 5) is 14.7. The van der Waals surface area contributed by atoms with Crippen LogP contribution < -0.4 is 5.32 Å². The van der Waals surface area contributed by atoms with E-state index in [1.165, 1.54) is 0 Å². The molecule has 1 aromatic rings. The molecule has 0 saturated carbocycles. The van der Waals surface area contributed by atoms with Gasteiger partial charge in [0.2, 0.25) is 5.82 Å². The quantitative estimate of drug-likeness (QED) is 0.467. The Balaban J connectivity index is 2.72. The minimum atomic E-state index is -0.377. The van der Waals surface area contributed by atoms with Crippen LogP contribution in [0.3, 0.4) is 0 Å². The van der Waals surface area contributed by atoms with Crippen molar-refractivity contribution in [2.75, 3.05) is 16.8 Å². The Morgan fingerprint density at radius 2 is 2.33 bits per heavy atom. The fourth-order valence-corrected chi connectivity index (χ4v) is 2.41. The van der Waals surface area contributed by atoms with Crippen LogP contribution in [0, 0.1) is 17.0 Å². The number of hydrogen-bond acceptors (Lipinski definition) is 5. The molecule has 0 aliphatic heterocycles. The van der Waals surface area contributed by atoms with Crippen molar-refractivity contribution in [2.24, 2.45) is 0 Å². The minimum absolute atomic E-state index is 0.0764. The van der Waals surface area contributed by atoms with Crippen LogP contribution in [0.2, 0.25) is 0 Å². The van der Waals surface area contributed by atoms with Crippen molar-refractivity contribution in [3.63, 3.8) is 0 Å². The lowest BCUT2D eigenvalue weighted by molar-refractivity contribution is -0.384. The fourth-order valence-electron chi connectivity index (χ4n) is 1.60. The Morgan fingerprint density at radius 1 is 1.61 bits per heavy atom. The molecule has 18 heavy (non-hydrogen) atoms. The SMILES string of the molecule is CCSCCC(C)Nc1nccc(C)c1[N+](=O)[O-]. The van der Waals surface area contributed by atoms with E-state index < -0.39 is 0 Å². The van der Waals surface area contributed by atoms with Crippen LogP contribution in [0.1, 0.15) is 25.8 Å². The molecule has 5 nitrogen and oxygen atoms in total. The summed E-state index contributed by atoms with van der Waals surface area (Å²) in [6, 6.07) is 1.83. The summed E-state index contributed by atoms with van der Waals surface area (Å²) in [6.07, 6.45) is 2.56. The van der Waals surface area contributed by atoms with E-state index in [2.05, 4.69) is 17.2 Å². The highest BCUT2D eigenvalue weighted by Crippen LogP contribution is 2.26. The first-order chi connectivity index (χ1) is 8.56. The maximum Gasteiger partial charge on any atom is 0.314 e. The van der Waals surface area contributed by atoms with Gasteiger partial charge in [0.1, 0.15) is 0 Å². The van der Waals surface area contributed by atoms with E-state index in [0.29, 0.717) is 11.4 Å². The van der Waals surface area contributed by atoms with Crippen molar-refractivity contribution in [1.82, 2.24) is 4.98 Å². The Hall–Kier alpha value is -1.30. The van der Waals surface area contributed by atoms with Crippen LogP contribution in [0.4, 0.5) is 11.5 Å². The summed E-state index contributed by atoms with van der Waals surface area (Å²) in [5.41, 5.74) is 0.708. The van der Waals surface area contributed by atoms with Crippen LogP contribution in [0.5, 0.6) is 0 Å². The third-order valence-electron chi connectivity index (χ3n) is 2.59. The van der Waals surface area contributed by atoms with Gasteiger partial charge in [-0.1, -0.05) is 6.92 Å². The molecule has 0 bridgehead atoms. The lowest BCUT2D eigenvalue weighted by atomic mass is 10.2. The van der Waals surface area contributed by atoms with Crippen LogP contribution in [0.15, 0.2) is 12.3 Å². The number of pyridine rings is 1. The second-order valence-electron chi connectivity index (χ2n) is 4.11. The second-order valence-corrected chi connectivity index (χ2v) is 5.51. The highest BCUT2D eigenvalue weighted by atomic mass is 32.2. The molecular formula is C12H19N3O2S. The molecule has 6 heteroatoms. The van der Waals surface area contributed by atoms with E-state index in [1.807, 2.05) is 18.7 Å². The molecule has 1 heterocycles. The lowest BCUT2D eigenvalue weighted by Gasteiger charge is -2.14. The first-order valence-electron chi connectivity index (χ1n) is 6.00. The summed E-state index contributed by atoms with van der Waals surface area (Å²) in [7, 11) is 0. The highest BCUT2D eigenvalue weighted by molar-refractivity contribution is 7.99. The molecule has 1 atom stereocenters. The van der Waals surface area contributed by atoms with Gasteiger partial charge >= 0.3 is 5.69 Å². The van der Waals surface area contributed by atoms with E-state index in [0.717, 1.165) is 17.9 Å². The third-order valence-corrected chi connectivity index (χ3v) is 3.52. The van der Waals surface area contributed by atoms with E-state index in [1.54, 1.807) is 19.2 Å². The van der Waals surface area contributed by atoms with Gasteiger partial charge in [0.05, 0.1) is 4.92 Å². The molecule has 1 N–H and O–H groups in total. The Labute approximate surface area is 112 Å². The zero-order valence-corrected chi connectivity index (χ0v) is 11.8. The van der Waals surface area contributed by atoms with Crippen LogP contribution in [-0.2, 0) is 0 Å². The van der Waals surface area contributed by atoms with Gasteiger partial charge in [0, 0.05) is 17.8 Å². The summed E-state index contributed by atoms with van der Waals surface area (Å²) < 4.78 is 0. The van der Waals surface area contributed by atoms with Crippen molar-refractivity contribution in [3.05, 3.63) is 27.9 Å². The number of hydrogen-bond donors (Lipinski definition) is 1. The average molecular weight is 269 g/mol. The molecule has 1 aromatic heterocycles. The van der Waals surface area contributed by atoms with Crippen molar-refractivity contribution < 1.29 is 4.92 Å². The standard InChI is InChI=1S/C12H19N3O2S/c1-4-18-8-6-10(3)14-12-11(15(16)17)9(2)5-7-13-12/h5,7,10H,4,6,8H2,1-3H3,(H,13,14). The number of nitrogens with one attached hydrogen (secondary N) is 1. The predicted octanol–water partition coefficient (Wildman–Crippen LogP) is 3.24. The molecule has 0 aromatic carbocycles. The lowest BCUT2D eigenvalue weighted by Crippen LogP contribution is -2.18. The van der Waals surface area contributed by atoms with Crippen LogP contribution in [0.25, 0.3) is 0 Å². The molecule has 1 unspecified atom stereocenters. The van der Waals surface area contributed by atoms with Crippen LogP contribution in [-0.4, -0.2) is 27.5 Å². The van der Waals surface area contributed by atoms with Gasteiger partial charge in [-0.05, 0) is 37.8 Å². The summed E-state index contributed by atoms with van der Waals surface area (Å²) in [5.74, 6) is 2.51. The molecule has 0 aliphatic rings. The second kappa shape index (κ2) is 7.20. The van der Waals surface area contributed by atoms with Gasteiger partial charge in [0.15, 0.2) is 0 Å². The summed E-state index contributed by atoms with van der Waals surface area (Å²) in [6.45, 7) is 5.86. The maximum absolute atomic E-state index is 11.0. The largest absolute Gasteiger partial charge is 0.362 e. The van der Waals surface area contributed by atoms with Gasteiger partial charge in [-0.3, -0.25) is 10.1 Å². The van der Waals surface area contributed by atoms with Crippen molar-refractivity contribution in [1.29, 1.82) is 0 Å². The molecule has 100 valence electrons. The summed E-state index contributed by atoms with van der Waals surface area (Å²) >= 11 is 1.87.